The van der Waals surface area contributed by atoms with Crippen LogP contribution < -0.4 is 10.6 Å². The van der Waals surface area contributed by atoms with Crippen molar-refractivity contribution in [1.29, 1.82) is 0 Å². The van der Waals surface area contributed by atoms with Gasteiger partial charge in [0, 0.05) is 5.69 Å². The van der Waals surface area contributed by atoms with Crippen LogP contribution in [-0.4, -0.2) is 13.7 Å². The predicted molar refractivity (Wildman–Crippen MR) is 58.2 cm³/mol. The Hall–Kier alpha value is -1.02. The highest BCUT2D eigenvalue weighted by molar-refractivity contribution is 5.55. The van der Waals surface area contributed by atoms with Crippen LogP contribution in [-0.2, 0) is 0 Å². The molecule has 72 valence electrons. The molecule has 2 heteroatoms. The van der Waals surface area contributed by atoms with Crippen LogP contribution in [0.2, 0.25) is 0 Å². The predicted octanol–water partition coefficient (Wildman–Crippen LogP) is 2.20. The summed E-state index contributed by atoms with van der Waals surface area (Å²) >= 11 is 0. The van der Waals surface area contributed by atoms with E-state index in [0.717, 1.165) is 6.67 Å². The Morgan fingerprint density at radius 1 is 1.08 bits per heavy atom. The van der Waals surface area contributed by atoms with Gasteiger partial charge in [0.1, 0.15) is 0 Å². The van der Waals surface area contributed by atoms with Crippen molar-refractivity contribution in [3.8, 4) is 0 Å². The molecule has 0 saturated heterocycles. The Balaban J connectivity index is 2.90. The van der Waals surface area contributed by atoms with Gasteiger partial charge in [-0.05, 0) is 50.6 Å². The molecule has 1 aromatic carbocycles. The van der Waals surface area contributed by atoms with E-state index < -0.39 is 0 Å². The van der Waals surface area contributed by atoms with Crippen molar-refractivity contribution >= 4 is 5.69 Å². The van der Waals surface area contributed by atoms with E-state index in [1.165, 1.54) is 22.4 Å². The number of hydrogen-bond donors (Lipinski definition) is 2. The summed E-state index contributed by atoms with van der Waals surface area (Å²) in [6.45, 7) is 7.27. The largest absolute Gasteiger partial charge is 0.372 e. The van der Waals surface area contributed by atoms with Crippen LogP contribution in [0, 0.1) is 20.8 Å². The molecule has 0 bridgehead atoms. The van der Waals surface area contributed by atoms with Gasteiger partial charge in [0.2, 0.25) is 0 Å². The number of nitrogens with one attached hydrogen (secondary N) is 2. The maximum absolute atomic E-state index is 3.32. The van der Waals surface area contributed by atoms with E-state index in [-0.39, 0.29) is 0 Å². The van der Waals surface area contributed by atoms with E-state index in [1.807, 2.05) is 7.05 Å². The second-order valence-corrected chi connectivity index (χ2v) is 3.39. The molecule has 0 aliphatic heterocycles. The van der Waals surface area contributed by atoms with Crippen molar-refractivity contribution in [2.24, 2.45) is 0 Å². The van der Waals surface area contributed by atoms with Gasteiger partial charge in [-0.1, -0.05) is 6.07 Å². The maximum Gasteiger partial charge on any atom is 0.0650 e. The summed E-state index contributed by atoms with van der Waals surface area (Å²) in [5.41, 5.74) is 5.29. The first-order valence-corrected chi connectivity index (χ1v) is 4.62. The molecule has 0 saturated carbocycles. The molecular formula is C11H18N2. The van der Waals surface area contributed by atoms with E-state index in [0.29, 0.717) is 0 Å². The van der Waals surface area contributed by atoms with Gasteiger partial charge in [-0.2, -0.15) is 0 Å². The third kappa shape index (κ3) is 2.22. The minimum absolute atomic E-state index is 0.809. The van der Waals surface area contributed by atoms with Gasteiger partial charge in [-0.3, -0.25) is 0 Å². The molecule has 0 amide bonds. The third-order valence-corrected chi connectivity index (χ3v) is 2.51. The summed E-state index contributed by atoms with van der Waals surface area (Å²) in [5, 5.41) is 6.39. The quantitative estimate of drug-likeness (QED) is 0.693. The molecule has 0 aliphatic carbocycles. The maximum atomic E-state index is 3.32. The summed E-state index contributed by atoms with van der Waals surface area (Å²) in [6.07, 6.45) is 0. The molecule has 0 aliphatic rings. The normalized spacial score (nSPS) is 10.2. The van der Waals surface area contributed by atoms with Crippen LogP contribution in [0.4, 0.5) is 5.69 Å². The standard InChI is InChI=1S/C11H18N2/c1-8-5-6-11(13-7-12-4)10(3)9(8)2/h5-6,12-13H,7H2,1-4H3. The molecule has 1 rings (SSSR count). The lowest BCUT2D eigenvalue weighted by molar-refractivity contribution is 0.873. The first kappa shape index (κ1) is 10.1. The molecule has 2 N–H and O–H groups in total. The van der Waals surface area contributed by atoms with Crippen molar-refractivity contribution < 1.29 is 0 Å². The SMILES string of the molecule is CNCNc1ccc(C)c(C)c1C. The average molecular weight is 178 g/mol. The molecule has 0 heterocycles. The van der Waals surface area contributed by atoms with Gasteiger partial charge in [0.05, 0.1) is 6.67 Å². The Bertz CT molecular complexity index is 292. The number of rotatable bonds is 3. The Morgan fingerprint density at radius 2 is 1.77 bits per heavy atom. The second-order valence-electron chi connectivity index (χ2n) is 3.39. The van der Waals surface area contributed by atoms with Gasteiger partial charge in [0.25, 0.3) is 0 Å². The molecular weight excluding hydrogens is 160 g/mol. The highest BCUT2D eigenvalue weighted by atomic mass is 15.0. The van der Waals surface area contributed by atoms with Crippen LogP contribution in [0.3, 0.4) is 0 Å². The monoisotopic (exact) mass is 178 g/mol. The van der Waals surface area contributed by atoms with Crippen molar-refractivity contribution in [3.63, 3.8) is 0 Å². The number of benzene rings is 1. The van der Waals surface area contributed by atoms with Crippen molar-refractivity contribution in [3.05, 3.63) is 28.8 Å². The molecule has 0 unspecified atom stereocenters. The van der Waals surface area contributed by atoms with E-state index in [2.05, 4.69) is 43.5 Å². The van der Waals surface area contributed by atoms with Gasteiger partial charge < -0.3 is 10.6 Å². The van der Waals surface area contributed by atoms with Gasteiger partial charge in [-0.25, -0.2) is 0 Å². The topological polar surface area (TPSA) is 24.1 Å². The van der Waals surface area contributed by atoms with Crippen LogP contribution in [0.25, 0.3) is 0 Å². The summed E-state index contributed by atoms with van der Waals surface area (Å²) in [4.78, 5) is 0. The Kier molecular flexibility index (Phi) is 3.32. The van der Waals surface area contributed by atoms with E-state index >= 15 is 0 Å². The number of aryl methyl sites for hydroxylation is 1. The Labute approximate surface area is 80.4 Å². The molecule has 0 spiro atoms. The fourth-order valence-electron chi connectivity index (χ4n) is 1.33. The first-order valence-electron chi connectivity index (χ1n) is 4.62. The van der Waals surface area contributed by atoms with Crippen molar-refractivity contribution in [1.82, 2.24) is 5.32 Å². The zero-order valence-electron chi connectivity index (χ0n) is 8.86. The van der Waals surface area contributed by atoms with Crippen LogP contribution in [0.15, 0.2) is 12.1 Å². The smallest absolute Gasteiger partial charge is 0.0650 e. The molecule has 0 radical (unpaired) electrons. The van der Waals surface area contributed by atoms with E-state index in [1.54, 1.807) is 0 Å². The highest BCUT2D eigenvalue weighted by Crippen LogP contribution is 2.20. The van der Waals surface area contributed by atoms with Gasteiger partial charge in [-0.15, -0.1) is 0 Å². The zero-order valence-corrected chi connectivity index (χ0v) is 8.86. The minimum Gasteiger partial charge on any atom is -0.372 e. The third-order valence-electron chi connectivity index (χ3n) is 2.51. The lowest BCUT2D eigenvalue weighted by Crippen LogP contribution is -2.17. The van der Waals surface area contributed by atoms with Crippen molar-refractivity contribution in [2.75, 3.05) is 19.0 Å². The number of hydrogen-bond acceptors (Lipinski definition) is 2. The number of anilines is 1. The van der Waals surface area contributed by atoms with Crippen LogP contribution >= 0.6 is 0 Å². The highest BCUT2D eigenvalue weighted by Gasteiger charge is 2.01. The zero-order chi connectivity index (χ0) is 9.84. The summed E-state index contributed by atoms with van der Waals surface area (Å²) in [6, 6.07) is 4.29. The minimum atomic E-state index is 0.809. The Morgan fingerprint density at radius 3 is 2.38 bits per heavy atom. The van der Waals surface area contributed by atoms with Crippen LogP contribution in [0.5, 0.6) is 0 Å². The molecule has 0 aromatic heterocycles. The second kappa shape index (κ2) is 4.28. The summed E-state index contributed by atoms with van der Waals surface area (Å²) in [7, 11) is 1.93. The summed E-state index contributed by atoms with van der Waals surface area (Å²) in [5.74, 6) is 0. The molecule has 1 aromatic rings. The van der Waals surface area contributed by atoms with Gasteiger partial charge in [0.15, 0.2) is 0 Å². The fourth-order valence-corrected chi connectivity index (χ4v) is 1.33. The van der Waals surface area contributed by atoms with E-state index in [4.69, 9.17) is 0 Å². The lowest BCUT2D eigenvalue weighted by Gasteiger charge is -2.12. The summed E-state index contributed by atoms with van der Waals surface area (Å²) < 4.78 is 0. The molecule has 0 atom stereocenters. The average Bonchev–Trinajstić information content (AvgIpc) is 2.13. The van der Waals surface area contributed by atoms with Crippen LogP contribution in [0.1, 0.15) is 16.7 Å². The van der Waals surface area contributed by atoms with E-state index in [9.17, 15) is 0 Å². The van der Waals surface area contributed by atoms with Gasteiger partial charge >= 0.3 is 0 Å². The molecule has 0 fully saturated rings. The van der Waals surface area contributed by atoms with Crippen molar-refractivity contribution in [2.45, 2.75) is 20.8 Å². The lowest BCUT2D eigenvalue weighted by atomic mass is 10.0. The fraction of sp³-hybridized carbons (Fsp3) is 0.455. The molecule has 13 heavy (non-hydrogen) atoms. The molecule has 2 nitrogen and oxygen atoms in total. The first-order chi connectivity index (χ1) is 6.16.